The molecule has 3 aromatic rings. The Balaban J connectivity index is 1.98. The van der Waals surface area contributed by atoms with E-state index < -0.39 is 10.1 Å². The van der Waals surface area contributed by atoms with E-state index in [1.807, 2.05) is 32.0 Å². The summed E-state index contributed by atoms with van der Waals surface area (Å²) in [5.74, 6) is 0.661. The molecule has 0 saturated carbocycles. The summed E-state index contributed by atoms with van der Waals surface area (Å²) < 4.78 is 37.2. The number of benzene rings is 2. The van der Waals surface area contributed by atoms with Gasteiger partial charge >= 0.3 is 10.1 Å². The molecule has 0 amide bonds. The van der Waals surface area contributed by atoms with Crippen LogP contribution >= 0.6 is 15.9 Å². The van der Waals surface area contributed by atoms with Gasteiger partial charge in [0.05, 0.1) is 11.1 Å². The molecule has 136 valence electrons. The fourth-order valence-corrected chi connectivity index (χ4v) is 3.73. The van der Waals surface area contributed by atoms with E-state index in [0.717, 1.165) is 17.5 Å². The van der Waals surface area contributed by atoms with Crippen molar-refractivity contribution in [3.05, 3.63) is 58.7 Å². The van der Waals surface area contributed by atoms with Crippen molar-refractivity contribution in [2.45, 2.75) is 25.2 Å². The van der Waals surface area contributed by atoms with Crippen LogP contribution < -0.4 is 8.92 Å². The summed E-state index contributed by atoms with van der Waals surface area (Å²) in [5.41, 5.74) is 1.29. The number of ether oxygens (including phenoxy) is 1. The second kappa shape index (κ2) is 7.63. The number of hydrogen-bond acceptors (Lipinski definition) is 5. The van der Waals surface area contributed by atoms with Crippen molar-refractivity contribution in [3.63, 3.8) is 0 Å². The molecule has 0 aliphatic rings. The highest BCUT2D eigenvalue weighted by atomic mass is 79.9. The van der Waals surface area contributed by atoms with Gasteiger partial charge in [0.2, 0.25) is 0 Å². The average Bonchev–Trinajstić information content (AvgIpc) is 2.61. The van der Waals surface area contributed by atoms with Gasteiger partial charge in [0, 0.05) is 17.1 Å². The highest BCUT2D eigenvalue weighted by Crippen LogP contribution is 2.31. The molecule has 0 aliphatic carbocycles. The number of para-hydroxylation sites is 1. The van der Waals surface area contributed by atoms with E-state index in [9.17, 15) is 8.42 Å². The van der Waals surface area contributed by atoms with Crippen molar-refractivity contribution < 1.29 is 17.3 Å². The fraction of sp³-hybridized carbons (Fsp3) is 0.211. The Morgan fingerprint density at radius 1 is 1.08 bits per heavy atom. The zero-order chi connectivity index (χ0) is 18.7. The van der Waals surface area contributed by atoms with Gasteiger partial charge in [-0.25, -0.2) is 4.98 Å². The molecule has 2 aromatic carbocycles. The number of halogens is 1. The van der Waals surface area contributed by atoms with Crippen molar-refractivity contribution >= 4 is 37.0 Å². The summed E-state index contributed by atoms with van der Waals surface area (Å²) in [6, 6.07) is 13.5. The molecule has 0 bridgehead atoms. The first-order valence-corrected chi connectivity index (χ1v) is 10.3. The van der Waals surface area contributed by atoms with Crippen molar-refractivity contribution in [2.24, 2.45) is 0 Å². The molecule has 0 N–H and O–H groups in total. The van der Waals surface area contributed by atoms with E-state index in [-0.39, 0.29) is 10.6 Å². The molecule has 3 rings (SSSR count). The van der Waals surface area contributed by atoms with Crippen LogP contribution in [0.2, 0.25) is 0 Å². The van der Waals surface area contributed by atoms with Gasteiger partial charge in [0.1, 0.15) is 16.2 Å². The van der Waals surface area contributed by atoms with E-state index in [0.29, 0.717) is 22.3 Å². The molecule has 0 fully saturated rings. The van der Waals surface area contributed by atoms with Crippen LogP contribution in [0.1, 0.15) is 19.0 Å². The Bertz CT molecular complexity index is 1050. The number of nitrogens with zero attached hydrogens (tertiary/aromatic N) is 1. The Labute approximate surface area is 161 Å². The third kappa shape index (κ3) is 3.99. The Hall–Kier alpha value is -2.12. The Morgan fingerprint density at radius 3 is 2.65 bits per heavy atom. The molecule has 0 spiro atoms. The number of hydrogen-bond donors (Lipinski definition) is 0. The summed E-state index contributed by atoms with van der Waals surface area (Å²) in [6.07, 6.45) is 0.820. The Morgan fingerprint density at radius 2 is 1.88 bits per heavy atom. The zero-order valence-corrected chi connectivity index (χ0v) is 16.8. The lowest BCUT2D eigenvalue weighted by atomic mass is 10.2. The highest BCUT2D eigenvalue weighted by molar-refractivity contribution is 9.10. The zero-order valence-electron chi connectivity index (χ0n) is 14.4. The van der Waals surface area contributed by atoms with Crippen LogP contribution in [0.3, 0.4) is 0 Å². The monoisotopic (exact) mass is 435 g/mol. The molecule has 0 unspecified atom stereocenters. The molecular weight excluding hydrogens is 418 g/mol. The van der Waals surface area contributed by atoms with Crippen LogP contribution in [0.25, 0.3) is 10.9 Å². The van der Waals surface area contributed by atoms with Gasteiger partial charge in [-0.05, 0) is 53.5 Å². The number of rotatable bonds is 6. The molecule has 0 aliphatic heterocycles. The number of fused-ring (bicyclic) bond motifs is 1. The minimum absolute atomic E-state index is 0.0245. The van der Waals surface area contributed by atoms with Crippen molar-refractivity contribution in [1.29, 1.82) is 0 Å². The second-order valence-corrected chi connectivity index (χ2v) is 8.16. The van der Waals surface area contributed by atoms with Crippen LogP contribution in [-0.4, -0.2) is 20.0 Å². The maximum atomic E-state index is 12.7. The minimum Gasteiger partial charge on any atom is -0.492 e. The predicted molar refractivity (Wildman–Crippen MR) is 104 cm³/mol. The molecule has 1 aromatic heterocycles. The SMILES string of the molecule is CCCOc1cc(S(=O)(=O)Oc2cccc3ccc(C)nc23)ccc1Br. The maximum Gasteiger partial charge on any atom is 0.339 e. The molecule has 0 saturated heterocycles. The first-order valence-electron chi connectivity index (χ1n) is 8.14. The quantitative estimate of drug-likeness (QED) is 0.517. The van der Waals surface area contributed by atoms with Gasteiger partial charge in [0.15, 0.2) is 5.75 Å². The normalized spacial score (nSPS) is 11.5. The highest BCUT2D eigenvalue weighted by Gasteiger charge is 2.20. The van der Waals surface area contributed by atoms with Gasteiger partial charge in [0.25, 0.3) is 0 Å². The first kappa shape index (κ1) is 18.7. The molecule has 26 heavy (non-hydrogen) atoms. The summed E-state index contributed by atoms with van der Waals surface area (Å²) >= 11 is 3.36. The van der Waals surface area contributed by atoms with Gasteiger partial charge in [-0.2, -0.15) is 8.42 Å². The smallest absolute Gasteiger partial charge is 0.339 e. The number of aryl methyl sites for hydroxylation is 1. The van der Waals surface area contributed by atoms with Gasteiger partial charge < -0.3 is 8.92 Å². The fourth-order valence-electron chi connectivity index (χ4n) is 2.41. The number of aromatic nitrogens is 1. The van der Waals surface area contributed by atoms with Crippen LogP contribution in [0.5, 0.6) is 11.5 Å². The third-order valence-corrected chi connectivity index (χ3v) is 5.56. The van der Waals surface area contributed by atoms with Crippen molar-refractivity contribution in [1.82, 2.24) is 4.98 Å². The van der Waals surface area contributed by atoms with Crippen LogP contribution in [0.4, 0.5) is 0 Å². The lowest BCUT2D eigenvalue weighted by Crippen LogP contribution is -2.11. The molecule has 1 heterocycles. The van der Waals surface area contributed by atoms with E-state index in [2.05, 4.69) is 20.9 Å². The van der Waals surface area contributed by atoms with Gasteiger partial charge in [-0.1, -0.05) is 25.1 Å². The summed E-state index contributed by atoms with van der Waals surface area (Å²) in [5, 5.41) is 0.811. The minimum atomic E-state index is -4.02. The van der Waals surface area contributed by atoms with E-state index in [4.69, 9.17) is 8.92 Å². The first-order chi connectivity index (χ1) is 12.4. The van der Waals surface area contributed by atoms with Crippen LogP contribution in [0.15, 0.2) is 57.9 Å². The van der Waals surface area contributed by atoms with E-state index in [1.54, 1.807) is 18.2 Å². The van der Waals surface area contributed by atoms with Crippen molar-refractivity contribution in [3.8, 4) is 11.5 Å². The standard InChI is InChI=1S/C19H18BrNO4S/c1-3-11-24-18-12-15(9-10-16(18)20)26(22,23)25-17-6-4-5-14-8-7-13(2)21-19(14)17/h4-10,12H,3,11H2,1-2H3. The lowest BCUT2D eigenvalue weighted by Gasteiger charge is -2.12. The summed E-state index contributed by atoms with van der Waals surface area (Å²) in [6.45, 7) is 4.32. The van der Waals surface area contributed by atoms with E-state index >= 15 is 0 Å². The van der Waals surface area contributed by atoms with Crippen molar-refractivity contribution in [2.75, 3.05) is 6.61 Å². The van der Waals surface area contributed by atoms with Crippen LogP contribution in [0, 0.1) is 6.92 Å². The third-order valence-electron chi connectivity index (χ3n) is 3.67. The second-order valence-electron chi connectivity index (χ2n) is 5.76. The molecule has 7 heteroatoms. The molecule has 0 atom stereocenters. The summed E-state index contributed by atoms with van der Waals surface area (Å²) in [7, 11) is -4.02. The molecule has 0 radical (unpaired) electrons. The summed E-state index contributed by atoms with van der Waals surface area (Å²) in [4.78, 5) is 4.43. The molecule has 5 nitrogen and oxygen atoms in total. The van der Waals surface area contributed by atoms with Crippen LogP contribution in [-0.2, 0) is 10.1 Å². The Kier molecular flexibility index (Phi) is 5.48. The van der Waals surface area contributed by atoms with Gasteiger partial charge in [-0.15, -0.1) is 0 Å². The largest absolute Gasteiger partial charge is 0.492 e. The predicted octanol–water partition coefficient (Wildman–Crippen LogP) is 4.86. The number of pyridine rings is 1. The molecular formula is C19H18BrNO4S. The lowest BCUT2D eigenvalue weighted by molar-refractivity contribution is 0.314. The topological polar surface area (TPSA) is 65.5 Å². The van der Waals surface area contributed by atoms with E-state index in [1.165, 1.54) is 12.1 Å². The average molecular weight is 436 g/mol. The van der Waals surface area contributed by atoms with Gasteiger partial charge in [-0.3, -0.25) is 0 Å². The maximum absolute atomic E-state index is 12.7.